The van der Waals surface area contributed by atoms with Gasteiger partial charge in [-0.05, 0) is 50.7 Å². The van der Waals surface area contributed by atoms with Gasteiger partial charge in [0.1, 0.15) is 6.04 Å². The van der Waals surface area contributed by atoms with E-state index in [0.717, 1.165) is 11.1 Å². The fourth-order valence-electron chi connectivity index (χ4n) is 3.60. The molecule has 0 bridgehead atoms. The Hall–Kier alpha value is -3.17. The Bertz CT molecular complexity index is 1120. The lowest BCUT2D eigenvalue weighted by Gasteiger charge is -2.12. The SMILES string of the molecule is COC(=O)C(N)Cc1ccc(-c2cc3ccccc3c3ccccc23)cc1. The molecule has 0 aliphatic carbocycles. The summed E-state index contributed by atoms with van der Waals surface area (Å²) in [6.45, 7) is 0. The molecule has 1 atom stereocenters. The molecule has 27 heavy (non-hydrogen) atoms. The fourth-order valence-corrected chi connectivity index (χ4v) is 3.60. The molecule has 0 aliphatic rings. The molecule has 0 amide bonds. The summed E-state index contributed by atoms with van der Waals surface area (Å²) < 4.78 is 4.70. The number of methoxy groups -OCH3 is 1. The summed E-state index contributed by atoms with van der Waals surface area (Å²) in [6, 6.07) is 26.8. The molecule has 2 N–H and O–H groups in total. The van der Waals surface area contributed by atoms with Gasteiger partial charge in [-0.25, -0.2) is 0 Å². The summed E-state index contributed by atoms with van der Waals surface area (Å²) >= 11 is 0. The molecule has 0 fully saturated rings. The van der Waals surface area contributed by atoms with Crippen molar-refractivity contribution in [2.45, 2.75) is 12.5 Å². The maximum absolute atomic E-state index is 11.5. The Kier molecular flexibility index (Phi) is 4.61. The highest BCUT2D eigenvalue weighted by atomic mass is 16.5. The van der Waals surface area contributed by atoms with Crippen molar-refractivity contribution in [3.05, 3.63) is 84.4 Å². The third-order valence-corrected chi connectivity index (χ3v) is 4.99. The third-order valence-electron chi connectivity index (χ3n) is 4.99. The second-order valence-corrected chi connectivity index (χ2v) is 6.72. The molecule has 0 spiro atoms. The van der Waals surface area contributed by atoms with Crippen molar-refractivity contribution in [1.29, 1.82) is 0 Å². The van der Waals surface area contributed by atoms with E-state index in [-0.39, 0.29) is 5.97 Å². The van der Waals surface area contributed by atoms with Crippen LogP contribution in [0.4, 0.5) is 0 Å². The molecule has 3 nitrogen and oxygen atoms in total. The van der Waals surface area contributed by atoms with Gasteiger partial charge in [-0.3, -0.25) is 4.79 Å². The Balaban J connectivity index is 1.76. The number of hydrogen-bond donors (Lipinski definition) is 1. The van der Waals surface area contributed by atoms with Crippen LogP contribution in [0, 0.1) is 0 Å². The average molecular weight is 355 g/mol. The molecule has 0 saturated heterocycles. The van der Waals surface area contributed by atoms with E-state index in [1.54, 1.807) is 0 Å². The smallest absolute Gasteiger partial charge is 0.322 e. The van der Waals surface area contributed by atoms with E-state index < -0.39 is 6.04 Å². The molecule has 134 valence electrons. The molecule has 0 radical (unpaired) electrons. The van der Waals surface area contributed by atoms with Gasteiger partial charge in [0, 0.05) is 0 Å². The summed E-state index contributed by atoms with van der Waals surface area (Å²) in [4.78, 5) is 11.5. The first-order chi connectivity index (χ1) is 13.2. The summed E-state index contributed by atoms with van der Waals surface area (Å²) in [5, 5.41) is 4.97. The average Bonchev–Trinajstić information content (AvgIpc) is 2.73. The van der Waals surface area contributed by atoms with Gasteiger partial charge in [-0.15, -0.1) is 0 Å². The molecular formula is C24H21NO2. The fraction of sp³-hybridized carbons (Fsp3) is 0.125. The topological polar surface area (TPSA) is 52.3 Å². The molecule has 4 rings (SSSR count). The number of benzene rings is 4. The summed E-state index contributed by atoms with van der Waals surface area (Å²) in [6.07, 6.45) is 0.464. The molecule has 1 unspecified atom stereocenters. The van der Waals surface area contributed by atoms with Crippen molar-refractivity contribution in [2.24, 2.45) is 5.73 Å². The number of fused-ring (bicyclic) bond motifs is 3. The first-order valence-electron chi connectivity index (χ1n) is 9.00. The lowest BCUT2D eigenvalue weighted by atomic mass is 9.92. The maximum atomic E-state index is 11.5. The quantitative estimate of drug-likeness (QED) is 0.426. The van der Waals surface area contributed by atoms with Gasteiger partial charge >= 0.3 is 5.97 Å². The third kappa shape index (κ3) is 3.29. The highest BCUT2D eigenvalue weighted by Crippen LogP contribution is 2.34. The van der Waals surface area contributed by atoms with Crippen molar-refractivity contribution < 1.29 is 9.53 Å². The van der Waals surface area contributed by atoms with Crippen LogP contribution in [0.25, 0.3) is 32.7 Å². The summed E-state index contributed by atoms with van der Waals surface area (Å²) in [5.41, 5.74) is 9.23. The summed E-state index contributed by atoms with van der Waals surface area (Å²) in [5.74, 6) is -0.389. The first-order valence-corrected chi connectivity index (χ1v) is 9.00. The van der Waals surface area contributed by atoms with Crippen LogP contribution in [0.5, 0.6) is 0 Å². The Morgan fingerprint density at radius 3 is 2.22 bits per heavy atom. The minimum absolute atomic E-state index is 0.389. The van der Waals surface area contributed by atoms with Gasteiger partial charge in [-0.2, -0.15) is 0 Å². The number of carbonyl (C=O) groups excluding carboxylic acids is 1. The van der Waals surface area contributed by atoms with Crippen LogP contribution in [-0.4, -0.2) is 19.1 Å². The molecular weight excluding hydrogens is 334 g/mol. The molecule has 3 heteroatoms. The largest absolute Gasteiger partial charge is 0.468 e. The van der Waals surface area contributed by atoms with E-state index >= 15 is 0 Å². The van der Waals surface area contributed by atoms with E-state index in [0.29, 0.717) is 6.42 Å². The van der Waals surface area contributed by atoms with E-state index in [1.807, 2.05) is 12.1 Å². The highest BCUT2D eigenvalue weighted by Gasteiger charge is 2.14. The van der Waals surface area contributed by atoms with Crippen molar-refractivity contribution in [3.63, 3.8) is 0 Å². The van der Waals surface area contributed by atoms with Crippen molar-refractivity contribution in [3.8, 4) is 11.1 Å². The van der Waals surface area contributed by atoms with E-state index in [1.165, 1.54) is 34.2 Å². The number of esters is 1. The standard InChI is InChI=1S/C24H21NO2/c1-27-24(26)23(25)14-16-10-12-17(13-11-16)22-15-18-6-2-3-7-19(18)20-8-4-5-9-21(20)22/h2-13,15,23H,14,25H2,1H3. The van der Waals surface area contributed by atoms with Crippen LogP contribution >= 0.6 is 0 Å². The first kappa shape index (κ1) is 17.3. The normalized spacial score (nSPS) is 12.2. The lowest BCUT2D eigenvalue weighted by molar-refractivity contribution is -0.142. The number of ether oxygens (including phenoxy) is 1. The van der Waals surface area contributed by atoms with Gasteiger partial charge in [0.25, 0.3) is 0 Å². The summed E-state index contributed by atoms with van der Waals surface area (Å²) in [7, 11) is 1.36. The molecule has 0 aliphatic heterocycles. The highest BCUT2D eigenvalue weighted by molar-refractivity contribution is 6.13. The lowest BCUT2D eigenvalue weighted by Crippen LogP contribution is -2.33. The molecule has 4 aromatic rings. The van der Waals surface area contributed by atoms with Gasteiger partial charge in [-0.1, -0.05) is 72.8 Å². The van der Waals surface area contributed by atoms with Crippen LogP contribution in [0.15, 0.2) is 78.9 Å². The maximum Gasteiger partial charge on any atom is 0.322 e. The number of hydrogen-bond acceptors (Lipinski definition) is 3. The van der Waals surface area contributed by atoms with Crippen LogP contribution in [0.1, 0.15) is 5.56 Å². The van der Waals surface area contributed by atoms with E-state index in [4.69, 9.17) is 10.5 Å². The predicted molar refractivity (Wildman–Crippen MR) is 111 cm³/mol. The van der Waals surface area contributed by atoms with Gasteiger partial charge < -0.3 is 10.5 Å². The monoisotopic (exact) mass is 355 g/mol. The second kappa shape index (κ2) is 7.22. The minimum atomic E-state index is -0.637. The molecule has 0 aromatic heterocycles. The van der Waals surface area contributed by atoms with Crippen molar-refractivity contribution in [2.75, 3.05) is 7.11 Å². The zero-order chi connectivity index (χ0) is 18.8. The van der Waals surface area contributed by atoms with Gasteiger partial charge in [0.05, 0.1) is 7.11 Å². The molecule has 4 aromatic carbocycles. The van der Waals surface area contributed by atoms with Crippen molar-refractivity contribution in [1.82, 2.24) is 0 Å². The second-order valence-electron chi connectivity index (χ2n) is 6.72. The predicted octanol–water partition coefficient (Wildman–Crippen LogP) is 4.70. The van der Waals surface area contributed by atoms with Gasteiger partial charge in [0.2, 0.25) is 0 Å². The van der Waals surface area contributed by atoms with Crippen LogP contribution in [0.3, 0.4) is 0 Å². The minimum Gasteiger partial charge on any atom is -0.468 e. The zero-order valence-corrected chi connectivity index (χ0v) is 15.2. The number of carbonyl (C=O) groups is 1. The van der Waals surface area contributed by atoms with E-state index in [9.17, 15) is 4.79 Å². The van der Waals surface area contributed by atoms with Crippen LogP contribution < -0.4 is 5.73 Å². The molecule has 0 heterocycles. The van der Waals surface area contributed by atoms with Crippen LogP contribution in [-0.2, 0) is 16.0 Å². The molecule has 0 saturated carbocycles. The zero-order valence-electron chi connectivity index (χ0n) is 15.2. The Morgan fingerprint density at radius 2 is 1.52 bits per heavy atom. The van der Waals surface area contributed by atoms with Crippen LogP contribution in [0.2, 0.25) is 0 Å². The number of nitrogens with two attached hydrogens (primary N) is 1. The van der Waals surface area contributed by atoms with E-state index in [2.05, 4.69) is 66.7 Å². The van der Waals surface area contributed by atoms with Crippen molar-refractivity contribution >= 4 is 27.5 Å². The van der Waals surface area contributed by atoms with Gasteiger partial charge in [0.15, 0.2) is 0 Å². The number of rotatable bonds is 4. The Morgan fingerprint density at radius 1 is 0.889 bits per heavy atom. The Labute approximate surface area is 158 Å².